The first-order valence-corrected chi connectivity index (χ1v) is 2.00. The van der Waals surface area contributed by atoms with Crippen molar-refractivity contribution in [2.45, 2.75) is 13.0 Å². The summed E-state index contributed by atoms with van der Waals surface area (Å²) < 4.78 is 3.73. The Labute approximate surface area is 74.5 Å². The van der Waals surface area contributed by atoms with E-state index in [4.69, 9.17) is 5.11 Å². The van der Waals surface area contributed by atoms with E-state index in [0.29, 0.717) is 0 Å². The third-order valence-corrected chi connectivity index (χ3v) is 0.505. The van der Waals surface area contributed by atoms with Gasteiger partial charge in [-0.2, -0.15) is 0 Å². The van der Waals surface area contributed by atoms with Crippen LogP contribution in [0.5, 0.6) is 0 Å². The molecule has 1 atom stereocenters. The van der Waals surface area contributed by atoms with E-state index in [9.17, 15) is 9.59 Å². The van der Waals surface area contributed by atoms with Crippen LogP contribution < -0.4 is 0 Å². The van der Waals surface area contributed by atoms with Crippen molar-refractivity contribution < 1.29 is 19.4 Å². The van der Waals surface area contributed by atoms with E-state index in [1.807, 2.05) is 0 Å². The van der Waals surface area contributed by atoms with Gasteiger partial charge in [0, 0.05) is 0 Å². The summed E-state index contributed by atoms with van der Waals surface area (Å²) in [7, 11) is 0. The van der Waals surface area contributed by atoms with Crippen LogP contribution in [0, 0.1) is 0 Å². The molecule has 4 nitrogen and oxygen atoms in total. The van der Waals surface area contributed by atoms with Gasteiger partial charge in [-0.25, -0.2) is 4.79 Å². The molecule has 0 bridgehead atoms. The molecule has 48 valence electrons. The van der Waals surface area contributed by atoms with Crippen LogP contribution in [0.2, 0.25) is 0 Å². The third-order valence-electron chi connectivity index (χ3n) is 0.505. The molecule has 9 heavy (non-hydrogen) atoms. The fraction of sp³-hybridized carbons (Fsp3) is 0.500. The first-order chi connectivity index (χ1) is 3.68. The molecule has 0 rings (SSSR count). The van der Waals surface area contributed by atoms with Gasteiger partial charge in [0.2, 0.25) is 0 Å². The van der Waals surface area contributed by atoms with E-state index in [0.717, 1.165) is 0 Å². The number of carbonyl (C=O) groups is 2. The average Bonchev–Trinajstić information content (AvgIpc) is 1.67. The average molecular weight is 142 g/mol. The molecule has 1 N–H and O–H groups in total. The van der Waals surface area contributed by atoms with Crippen LogP contribution in [-0.2, 0) is 14.3 Å². The topological polar surface area (TPSA) is 63.6 Å². The standard InChI is InChI=1S/C4H6O4.Na.H/c1-3(6)4(7)8-2-5;;/h2-3,6H,1H3;;. The van der Waals surface area contributed by atoms with Crippen LogP contribution in [0.4, 0.5) is 0 Å². The van der Waals surface area contributed by atoms with Crippen molar-refractivity contribution in [1.82, 2.24) is 0 Å². The van der Waals surface area contributed by atoms with Gasteiger partial charge in [-0.3, -0.25) is 4.79 Å². The molecular weight excluding hydrogens is 135 g/mol. The van der Waals surface area contributed by atoms with Crippen molar-refractivity contribution in [1.29, 1.82) is 0 Å². The molecule has 0 aromatic rings. The molecule has 1 unspecified atom stereocenters. The van der Waals surface area contributed by atoms with Crippen molar-refractivity contribution in [2.24, 2.45) is 0 Å². The number of hydrogen-bond acceptors (Lipinski definition) is 4. The maximum atomic E-state index is 10.0. The van der Waals surface area contributed by atoms with Gasteiger partial charge in [-0.1, -0.05) is 0 Å². The molecule has 0 aliphatic carbocycles. The predicted molar refractivity (Wildman–Crippen MR) is 31.0 cm³/mol. The zero-order chi connectivity index (χ0) is 6.57. The molecule has 0 heterocycles. The van der Waals surface area contributed by atoms with Crippen LogP contribution in [-0.4, -0.2) is 53.2 Å². The molecular formula is C4H7NaO4. The van der Waals surface area contributed by atoms with Crippen LogP contribution in [0.3, 0.4) is 0 Å². The number of esters is 1. The van der Waals surface area contributed by atoms with E-state index < -0.39 is 12.1 Å². The zero-order valence-corrected chi connectivity index (χ0v) is 4.33. The molecule has 0 amide bonds. The Morgan fingerprint density at radius 2 is 2.22 bits per heavy atom. The van der Waals surface area contributed by atoms with E-state index >= 15 is 0 Å². The van der Waals surface area contributed by atoms with E-state index in [-0.39, 0.29) is 36.0 Å². The van der Waals surface area contributed by atoms with Gasteiger partial charge in [0.25, 0.3) is 0 Å². The monoisotopic (exact) mass is 142 g/mol. The molecule has 0 fully saturated rings. The van der Waals surface area contributed by atoms with Gasteiger partial charge in [0.1, 0.15) is 6.10 Å². The Balaban J connectivity index is 0. The Bertz CT molecular complexity index is 101. The molecule has 0 aromatic carbocycles. The Kier molecular flexibility index (Phi) is 8.19. The summed E-state index contributed by atoms with van der Waals surface area (Å²) in [5.74, 6) is -0.931. The summed E-state index contributed by atoms with van der Waals surface area (Å²) in [6, 6.07) is 0. The van der Waals surface area contributed by atoms with Crippen LogP contribution in [0.1, 0.15) is 6.92 Å². The number of aliphatic hydroxyl groups is 1. The molecule has 0 radical (unpaired) electrons. The summed E-state index contributed by atoms with van der Waals surface area (Å²) in [5, 5.41) is 8.32. The van der Waals surface area contributed by atoms with Gasteiger partial charge in [-0.05, 0) is 6.92 Å². The molecule has 0 spiro atoms. The number of hydrogen-bond donors (Lipinski definition) is 1. The molecule has 5 heteroatoms. The normalized spacial score (nSPS) is 10.9. The summed E-state index contributed by atoms with van der Waals surface area (Å²) in [5.41, 5.74) is 0. The number of aliphatic hydroxyl groups excluding tert-OH is 1. The number of ether oxygens (including phenoxy) is 1. The Hall–Kier alpha value is 0.1000. The Morgan fingerprint density at radius 1 is 1.78 bits per heavy atom. The van der Waals surface area contributed by atoms with Crippen LogP contribution in [0.15, 0.2) is 0 Å². The third kappa shape index (κ3) is 5.98. The second-order valence-electron chi connectivity index (χ2n) is 1.21. The van der Waals surface area contributed by atoms with Crippen molar-refractivity contribution in [3.05, 3.63) is 0 Å². The number of rotatable bonds is 2. The summed E-state index contributed by atoms with van der Waals surface area (Å²) >= 11 is 0. The Morgan fingerprint density at radius 3 is 2.33 bits per heavy atom. The van der Waals surface area contributed by atoms with E-state index in [1.54, 1.807) is 0 Å². The SMILES string of the molecule is CC(O)C(=O)OC=O.[NaH]. The van der Waals surface area contributed by atoms with Gasteiger partial charge in [0.15, 0.2) is 0 Å². The summed E-state index contributed by atoms with van der Waals surface area (Å²) in [4.78, 5) is 19.4. The van der Waals surface area contributed by atoms with Gasteiger partial charge in [-0.15, -0.1) is 0 Å². The van der Waals surface area contributed by atoms with E-state index in [1.165, 1.54) is 6.92 Å². The molecule has 0 saturated heterocycles. The second kappa shape index (κ2) is 6.22. The summed E-state index contributed by atoms with van der Waals surface area (Å²) in [6.45, 7) is 1.20. The first kappa shape index (κ1) is 11.8. The van der Waals surface area contributed by atoms with Gasteiger partial charge in [0.05, 0.1) is 0 Å². The predicted octanol–water partition coefficient (Wildman–Crippen LogP) is -1.58. The summed E-state index contributed by atoms with van der Waals surface area (Å²) in [6.07, 6.45) is -1.22. The van der Waals surface area contributed by atoms with Gasteiger partial charge >= 0.3 is 42.0 Å². The van der Waals surface area contributed by atoms with Gasteiger partial charge < -0.3 is 9.84 Å². The fourth-order valence-electron chi connectivity index (χ4n) is 0.146. The second-order valence-corrected chi connectivity index (χ2v) is 1.21. The maximum absolute atomic E-state index is 10.0. The van der Waals surface area contributed by atoms with Crippen molar-refractivity contribution in [2.75, 3.05) is 0 Å². The quantitative estimate of drug-likeness (QED) is 0.219. The van der Waals surface area contributed by atoms with Crippen LogP contribution >= 0.6 is 0 Å². The first-order valence-electron chi connectivity index (χ1n) is 2.00. The van der Waals surface area contributed by atoms with E-state index in [2.05, 4.69) is 4.74 Å². The van der Waals surface area contributed by atoms with Crippen molar-refractivity contribution in [3.8, 4) is 0 Å². The van der Waals surface area contributed by atoms with Crippen molar-refractivity contribution in [3.63, 3.8) is 0 Å². The van der Waals surface area contributed by atoms with Crippen molar-refractivity contribution >= 4 is 42.0 Å². The fourth-order valence-corrected chi connectivity index (χ4v) is 0.146. The molecule has 0 aliphatic heterocycles. The molecule has 0 aromatic heterocycles. The van der Waals surface area contributed by atoms with Crippen LogP contribution in [0.25, 0.3) is 0 Å². The zero-order valence-electron chi connectivity index (χ0n) is 4.33. The minimum atomic E-state index is -1.22. The molecule has 0 aliphatic rings. The molecule has 0 saturated carbocycles. The minimum absolute atomic E-state index is 0. The number of carbonyl (C=O) groups excluding carboxylic acids is 2.